The van der Waals surface area contributed by atoms with Crippen LogP contribution in [0.5, 0.6) is 0 Å². The van der Waals surface area contributed by atoms with Gasteiger partial charge in [0.25, 0.3) is 5.91 Å². The van der Waals surface area contributed by atoms with Crippen molar-refractivity contribution < 1.29 is 28.7 Å². The number of hydrogen-bond acceptors (Lipinski definition) is 6. The normalized spacial score (nSPS) is 19.5. The van der Waals surface area contributed by atoms with Gasteiger partial charge in [-0.15, -0.1) is 0 Å². The molecule has 0 radical (unpaired) electrons. The van der Waals surface area contributed by atoms with Crippen LogP contribution in [0.15, 0.2) is 54.6 Å². The zero-order valence-corrected chi connectivity index (χ0v) is 19.6. The Morgan fingerprint density at radius 1 is 0.941 bits per heavy atom. The number of carbonyl (C=O) groups excluding carboxylic acids is 3. The fourth-order valence-corrected chi connectivity index (χ4v) is 4.96. The van der Waals surface area contributed by atoms with Crippen LogP contribution in [0.3, 0.4) is 0 Å². The van der Waals surface area contributed by atoms with E-state index in [9.17, 15) is 14.4 Å². The Hall–Kier alpha value is -3.23. The van der Waals surface area contributed by atoms with E-state index >= 15 is 0 Å². The maximum Gasteiger partial charge on any atom is 0.311 e. The second kappa shape index (κ2) is 10.4. The van der Waals surface area contributed by atoms with Crippen LogP contribution in [0.1, 0.15) is 29.6 Å². The molecule has 0 bridgehead atoms. The van der Waals surface area contributed by atoms with Crippen LogP contribution in [0.25, 0.3) is 11.1 Å². The molecule has 8 nitrogen and oxygen atoms in total. The summed E-state index contributed by atoms with van der Waals surface area (Å²) in [7, 11) is 2.88. The quantitative estimate of drug-likeness (QED) is 0.461. The first kappa shape index (κ1) is 23.9. The van der Waals surface area contributed by atoms with E-state index in [0.29, 0.717) is 38.1 Å². The highest BCUT2D eigenvalue weighted by atomic mass is 16.7. The van der Waals surface area contributed by atoms with Crippen LogP contribution < -0.4 is 0 Å². The molecule has 34 heavy (non-hydrogen) atoms. The first-order valence-corrected chi connectivity index (χ1v) is 11.5. The zero-order chi connectivity index (χ0) is 24.1. The summed E-state index contributed by atoms with van der Waals surface area (Å²) in [5.74, 6) is -1.37. The number of esters is 1. The fraction of sp³-hybridized carbons (Fsp3) is 0.423. The van der Waals surface area contributed by atoms with Gasteiger partial charge in [0.1, 0.15) is 0 Å². The topological polar surface area (TPSA) is 85.4 Å². The molecule has 0 aliphatic carbocycles. The number of hydroxylamine groups is 2. The van der Waals surface area contributed by atoms with Gasteiger partial charge in [-0.1, -0.05) is 42.5 Å². The molecule has 180 valence electrons. The van der Waals surface area contributed by atoms with E-state index in [1.54, 1.807) is 12.0 Å². The summed E-state index contributed by atoms with van der Waals surface area (Å²) >= 11 is 0. The molecule has 2 heterocycles. The zero-order valence-electron chi connectivity index (χ0n) is 19.6. The lowest BCUT2D eigenvalue weighted by atomic mass is 9.77. The number of benzene rings is 2. The third kappa shape index (κ3) is 4.56. The highest BCUT2D eigenvalue weighted by Gasteiger charge is 2.58. The molecule has 4 rings (SSSR count). The number of likely N-dealkylation sites (tertiary alicyclic amines) is 1. The Kier molecular flexibility index (Phi) is 7.29. The van der Waals surface area contributed by atoms with Crippen molar-refractivity contribution in [1.29, 1.82) is 0 Å². The molecule has 2 saturated heterocycles. The molecule has 0 N–H and O–H groups in total. The Bertz CT molecular complexity index is 1020. The van der Waals surface area contributed by atoms with Gasteiger partial charge in [-0.2, -0.15) is 0 Å². The van der Waals surface area contributed by atoms with Gasteiger partial charge < -0.3 is 14.4 Å². The maximum absolute atomic E-state index is 13.2. The van der Waals surface area contributed by atoms with E-state index in [-0.39, 0.29) is 24.8 Å². The van der Waals surface area contributed by atoms with E-state index in [2.05, 4.69) is 0 Å². The molecule has 1 atom stereocenters. The van der Waals surface area contributed by atoms with Crippen molar-refractivity contribution in [3.63, 3.8) is 0 Å². The van der Waals surface area contributed by atoms with E-state index in [1.807, 2.05) is 54.6 Å². The molecule has 2 fully saturated rings. The first-order chi connectivity index (χ1) is 16.5. The SMILES string of the molecule is COCCON1C(=O)C[C@@H](C(=O)OC)C12CCN(C(=O)c1ccc(-c3ccccc3)cc1)CC2. The van der Waals surface area contributed by atoms with E-state index in [4.69, 9.17) is 14.3 Å². The van der Waals surface area contributed by atoms with Crippen molar-refractivity contribution in [1.82, 2.24) is 9.96 Å². The van der Waals surface area contributed by atoms with Crippen molar-refractivity contribution in [2.45, 2.75) is 24.8 Å². The smallest absolute Gasteiger partial charge is 0.311 e. The molecule has 0 unspecified atom stereocenters. The standard InChI is InChI=1S/C26H30N2O6/c1-32-16-17-34-28-23(29)18-22(25(31)33-2)26(28)12-14-27(15-13-26)24(30)21-10-8-20(9-11-21)19-6-4-3-5-7-19/h3-11,22H,12-18H2,1-2H3/t22-/m0/s1. The predicted molar refractivity (Wildman–Crippen MR) is 125 cm³/mol. The van der Waals surface area contributed by atoms with Crippen LogP contribution in [0, 0.1) is 5.92 Å². The molecule has 2 amide bonds. The second-order valence-electron chi connectivity index (χ2n) is 8.63. The Morgan fingerprint density at radius 3 is 2.21 bits per heavy atom. The summed E-state index contributed by atoms with van der Waals surface area (Å²) in [4.78, 5) is 46.0. The van der Waals surface area contributed by atoms with E-state index in [0.717, 1.165) is 11.1 Å². The van der Waals surface area contributed by atoms with Crippen molar-refractivity contribution in [3.05, 3.63) is 60.2 Å². The van der Waals surface area contributed by atoms with Gasteiger partial charge >= 0.3 is 5.97 Å². The number of methoxy groups -OCH3 is 2. The molecule has 0 aromatic heterocycles. The third-order valence-corrected chi connectivity index (χ3v) is 6.81. The Morgan fingerprint density at radius 2 is 1.59 bits per heavy atom. The predicted octanol–water partition coefficient (Wildman–Crippen LogP) is 2.93. The average molecular weight is 467 g/mol. The van der Waals surface area contributed by atoms with Gasteiger partial charge in [-0.05, 0) is 36.1 Å². The molecule has 2 aliphatic rings. The van der Waals surface area contributed by atoms with Crippen molar-refractivity contribution >= 4 is 17.8 Å². The third-order valence-electron chi connectivity index (χ3n) is 6.81. The van der Waals surface area contributed by atoms with E-state index < -0.39 is 17.4 Å². The average Bonchev–Trinajstić information content (AvgIpc) is 3.15. The first-order valence-electron chi connectivity index (χ1n) is 11.5. The highest BCUT2D eigenvalue weighted by Crippen LogP contribution is 2.44. The van der Waals surface area contributed by atoms with Crippen molar-refractivity contribution in [3.8, 4) is 11.1 Å². The minimum atomic E-state index is -0.828. The molecule has 2 aliphatic heterocycles. The molecule has 2 aromatic rings. The maximum atomic E-state index is 13.2. The van der Waals surface area contributed by atoms with Crippen LogP contribution >= 0.6 is 0 Å². The minimum absolute atomic E-state index is 0.0363. The summed E-state index contributed by atoms with van der Waals surface area (Å²) in [6.07, 6.45) is 0.896. The molecule has 0 saturated carbocycles. The number of piperidine rings is 1. The molecular weight excluding hydrogens is 436 g/mol. The number of hydrogen-bond donors (Lipinski definition) is 0. The van der Waals surface area contributed by atoms with Gasteiger partial charge in [0.2, 0.25) is 5.91 Å². The Labute approximate surface area is 199 Å². The van der Waals surface area contributed by atoms with E-state index in [1.165, 1.54) is 12.2 Å². The summed E-state index contributed by atoms with van der Waals surface area (Å²) in [6.45, 7) is 1.34. The molecule has 2 aromatic carbocycles. The monoisotopic (exact) mass is 466 g/mol. The summed E-state index contributed by atoms with van der Waals surface area (Å²) < 4.78 is 10.0. The number of rotatable bonds is 7. The second-order valence-corrected chi connectivity index (χ2v) is 8.63. The number of nitrogens with zero attached hydrogens (tertiary/aromatic N) is 2. The summed E-state index contributed by atoms with van der Waals surface area (Å²) in [6, 6.07) is 17.6. The van der Waals surface area contributed by atoms with Crippen LogP contribution in [0.2, 0.25) is 0 Å². The molecule has 1 spiro atoms. The number of carbonyl (C=O) groups is 3. The van der Waals surface area contributed by atoms with Gasteiger partial charge in [0.15, 0.2) is 0 Å². The fourth-order valence-electron chi connectivity index (χ4n) is 4.96. The summed E-state index contributed by atoms with van der Waals surface area (Å²) in [5, 5.41) is 1.35. The number of amides is 2. The molecule has 8 heteroatoms. The van der Waals surface area contributed by atoms with Gasteiger partial charge in [-0.25, -0.2) is 5.06 Å². The minimum Gasteiger partial charge on any atom is -0.469 e. The lowest BCUT2D eigenvalue weighted by Gasteiger charge is -2.45. The van der Waals surface area contributed by atoms with Gasteiger partial charge in [0, 0.05) is 32.2 Å². The van der Waals surface area contributed by atoms with Crippen LogP contribution in [0.4, 0.5) is 0 Å². The lowest BCUT2D eigenvalue weighted by Crippen LogP contribution is -2.58. The number of ether oxygens (including phenoxy) is 2. The van der Waals surface area contributed by atoms with Crippen molar-refractivity contribution in [2.24, 2.45) is 5.92 Å². The summed E-state index contributed by atoms with van der Waals surface area (Å²) in [5.41, 5.74) is 1.92. The highest BCUT2D eigenvalue weighted by molar-refractivity contribution is 5.95. The largest absolute Gasteiger partial charge is 0.469 e. The van der Waals surface area contributed by atoms with Gasteiger partial charge in [-0.3, -0.25) is 19.2 Å². The molecular formula is C26H30N2O6. The van der Waals surface area contributed by atoms with Crippen molar-refractivity contribution in [2.75, 3.05) is 40.5 Å². The van der Waals surface area contributed by atoms with Crippen LogP contribution in [-0.4, -0.2) is 73.8 Å². The van der Waals surface area contributed by atoms with Gasteiger partial charge in [0.05, 0.1) is 31.8 Å². The van der Waals surface area contributed by atoms with Crippen LogP contribution in [-0.2, 0) is 23.9 Å². The Balaban J connectivity index is 1.47. The lowest BCUT2D eigenvalue weighted by molar-refractivity contribution is -0.226.